The maximum absolute atomic E-state index is 12.0. The Bertz CT molecular complexity index is 799. The summed E-state index contributed by atoms with van der Waals surface area (Å²) in [6.45, 7) is 2.45. The number of para-hydroxylation sites is 2. The lowest BCUT2D eigenvalue weighted by molar-refractivity contribution is -0.116. The maximum atomic E-state index is 12.0. The molecule has 2 aromatic carbocycles. The van der Waals surface area contributed by atoms with Crippen molar-refractivity contribution in [3.63, 3.8) is 0 Å². The minimum atomic E-state index is -0.0852. The average molecular weight is 326 g/mol. The Balaban J connectivity index is 1.57. The van der Waals surface area contributed by atoms with Crippen molar-refractivity contribution in [1.29, 1.82) is 0 Å². The first-order valence-corrected chi connectivity index (χ1v) is 8.44. The Morgan fingerprint density at radius 1 is 1.17 bits per heavy atom. The number of benzene rings is 2. The average Bonchev–Trinajstić information content (AvgIpc) is 2.98. The topological polar surface area (TPSA) is 51.2 Å². The van der Waals surface area contributed by atoms with Crippen molar-refractivity contribution in [2.45, 2.75) is 19.8 Å². The number of carbonyl (C=O) groups is 1. The molecule has 23 heavy (non-hydrogen) atoms. The summed E-state index contributed by atoms with van der Waals surface area (Å²) in [4.78, 5) is 16.5. The van der Waals surface area contributed by atoms with Gasteiger partial charge in [0.1, 0.15) is 5.75 Å². The number of hydrogen-bond acceptors (Lipinski definition) is 4. The van der Waals surface area contributed by atoms with Crippen LogP contribution >= 0.6 is 11.3 Å². The molecular formula is C18H18N2O2S. The van der Waals surface area contributed by atoms with E-state index < -0.39 is 0 Å². The van der Waals surface area contributed by atoms with E-state index in [0.29, 0.717) is 18.2 Å². The SMILES string of the molecule is CCc1cccc2sc(NC(=O)CCOc3ccccc3)nc12. The molecule has 0 saturated heterocycles. The second kappa shape index (κ2) is 7.24. The second-order valence-corrected chi connectivity index (χ2v) is 6.13. The van der Waals surface area contributed by atoms with E-state index in [1.54, 1.807) is 0 Å². The summed E-state index contributed by atoms with van der Waals surface area (Å²) in [5, 5.41) is 3.50. The lowest BCUT2D eigenvalue weighted by atomic mass is 10.1. The van der Waals surface area contributed by atoms with Crippen molar-refractivity contribution >= 4 is 32.6 Å². The molecule has 0 radical (unpaired) electrons. The van der Waals surface area contributed by atoms with Gasteiger partial charge in [0.15, 0.2) is 5.13 Å². The first-order chi connectivity index (χ1) is 11.3. The Kier molecular flexibility index (Phi) is 4.88. The number of carbonyl (C=O) groups excluding carboxylic acids is 1. The molecule has 0 aliphatic heterocycles. The van der Waals surface area contributed by atoms with Crippen LogP contribution in [-0.2, 0) is 11.2 Å². The van der Waals surface area contributed by atoms with Crippen LogP contribution in [0, 0.1) is 0 Å². The summed E-state index contributed by atoms with van der Waals surface area (Å²) in [5.74, 6) is 0.686. The van der Waals surface area contributed by atoms with Crippen LogP contribution in [0.3, 0.4) is 0 Å². The summed E-state index contributed by atoms with van der Waals surface area (Å²) < 4.78 is 6.63. The van der Waals surface area contributed by atoms with Crippen molar-refractivity contribution < 1.29 is 9.53 Å². The van der Waals surface area contributed by atoms with E-state index in [9.17, 15) is 4.79 Å². The normalized spacial score (nSPS) is 10.7. The summed E-state index contributed by atoms with van der Waals surface area (Å²) in [6.07, 6.45) is 1.23. The van der Waals surface area contributed by atoms with Crippen LogP contribution in [-0.4, -0.2) is 17.5 Å². The molecule has 0 bridgehead atoms. The molecule has 1 amide bonds. The molecule has 0 aliphatic carbocycles. The first-order valence-electron chi connectivity index (χ1n) is 7.62. The largest absolute Gasteiger partial charge is 0.493 e. The lowest BCUT2D eigenvalue weighted by Crippen LogP contribution is -2.15. The number of rotatable bonds is 6. The third-order valence-corrected chi connectivity index (χ3v) is 4.41. The Morgan fingerprint density at radius 2 is 2.00 bits per heavy atom. The van der Waals surface area contributed by atoms with E-state index in [1.165, 1.54) is 16.9 Å². The number of aryl methyl sites for hydroxylation is 1. The van der Waals surface area contributed by atoms with Crippen LogP contribution < -0.4 is 10.1 Å². The van der Waals surface area contributed by atoms with Crippen molar-refractivity contribution in [2.75, 3.05) is 11.9 Å². The van der Waals surface area contributed by atoms with E-state index >= 15 is 0 Å². The highest BCUT2D eigenvalue weighted by molar-refractivity contribution is 7.22. The maximum Gasteiger partial charge on any atom is 0.229 e. The number of fused-ring (bicyclic) bond motifs is 1. The second-order valence-electron chi connectivity index (χ2n) is 5.10. The summed E-state index contributed by atoms with van der Waals surface area (Å²) in [7, 11) is 0. The Morgan fingerprint density at radius 3 is 2.78 bits per heavy atom. The van der Waals surface area contributed by atoms with Crippen LogP contribution in [0.25, 0.3) is 10.2 Å². The molecule has 0 unspecified atom stereocenters. The van der Waals surface area contributed by atoms with Gasteiger partial charge >= 0.3 is 0 Å². The number of thiazole rings is 1. The fourth-order valence-corrected chi connectivity index (χ4v) is 3.23. The van der Waals surface area contributed by atoms with Crippen molar-refractivity contribution in [3.8, 4) is 5.75 Å². The van der Waals surface area contributed by atoms with Crippen LogP contribution in [0.2, 0.25) is 0 Å². The minimum Gasteiger partial charge on any atom is -0.493 e. The fraction of sp³-hybridized carbons (Fsp3) is 0.222. The number of nitrogens with zero attached hydrogens (tertiary/aromatic N) is 1. The van der Waals surface area contributed by atoms with Crippen LogP contribution in [0.5, 0.6) is 5.75 Å². The zero-order chi connectivity index (χ0) is 16.1. The lowest BCUT2D eigenvalue weighted by Gasteiger charge is -2.05. The zero-order valence-corrected chi connectivity index (χ0v) is 13.7. The van der Waals surface area contributed by atoms with Crippen LogP contribution in [0.1, 0.15) is 18.9 Å². The van der Waals surface area contributed by atoms with Gasteiger partial charge in [-0.1, -0.05) is 48.6 Å². The minimum absolute atomic E-state index is 0.0852. The van der Waals surface area contributed by atoms with E-state index in [2.05, 4.69) is 23.3 Å². The Labute approximate surface area is 139 Å². The third kappa shape index (κ3) is 3.87. The molecule has 1 aromatic heterocycles. The zero-order valence-electron chi connectivity index (χ0n) is 12.9. The van der Waals surface area contributed by atoms with Gasteiger partial charge in [0.05, 0.1) is 23.2 Å². The molecule has 4 nitrogen and oxygen atoms in total. The van der Waals surface area contributed by atoms with Gasteiger partial charge in [0.25, 0.3) is 0 Å². The molecule has 3 aromatic rings. The highest BCUT2D eigenvalue weighted by Crippen LogP contribution is 2.28. The number of ether oxygens (including phenoxy) is 1. The molecule has 1 N–H and O–H groups in total. The highest BCUT2D eigenvalue weighted by atomic mass is 32.1. The van der Waals surface area contributed by atoms with Gasteiger partial charge in [-0.05, 0) is 30.2 Å². The number of amides is 1. The number of nitrogens with one attached hydrogen (secondary N) is 1. The highest BCUT2D eigenvalue weighted by Gasteiger charge is 2.10. The van der Waals surface area contributed by atoms with Gasteiger partial charge in [-0.25, -0.2) is 4.98 Å². The third-order valence-electron chi connectivity index (χ3n) is 3.47. The molecule has 3 rings (SSSR count). The van der Waals surface area contributed by atoms with Gasteiger partial charge in [0, 0.05) is 0 Å². The summed E-state index contributed by atoms with van der Waals surface area (Å²) in [5.41, 5.74) is 2.18. The van der Waals surface area contributed by atoms with E-state index in [-0.39, 0.29) is 5.91 Å². The molecule has 0 aliphatic rings. The molecule has 118 valence electrons. The molecule has 0 saturated carbocycles. The number of hydrogen-bond donors (Lipinski definition) is 1. The fourth-order valence-electron chi connectivity index (χ4n) is 2.30. The van der Waals surface area contributed by atoms with Crippen LogP contribution in [0.4, 0.5) is 5.13 Å². The summed E-state index contributed by atoms with van der Waals surface area (Å²) in [6, 6.07) is 15.6. The smallest absolute Gasteiger partial charge is 0.229 e. The van der Waals surface area contributed by atoms with Crippen molar-refractivity contribution in [3.05, 3.63) is 54.1 Å². The number of anilines is 1. The van der Waals surface area contributed by atoms with E-state index in [0.717, 1.165) is 22.4 Å². The standard InChI is InChI=1S/C18H18N2O2S/c1-2-13-7-6-10-15-17(13)20-18(23-15)19-16(21)11-12-22-14-8-4-3-5-9-14/h3-10H,2,11-12H2,1H3,(H,19,20,21). The monoisotopic (exact) mass is 326 g/mol. The Hall–Kier alpha value is -2.40. The summed E-state index contributed by atoms with van der Waals surface area (Å²) >= 11 is 1.50. The quantitative estimate of drug-likeness (QED) is 0.736. The molecule has 1 heterocycles. The molecule has 0 atom stereocenters. The molecular weight excluding hydrogens is 308 g/mol. The van der Waals surface area contributed by atoms with Gasteiger partial charge in [0.2, 0.25) is 5.91 Å². The van der Waals surface area contributed by atoms with E-state index in [1.807, 2.05) is 42.5 Å². The molecule has 5 heteroatoms. The van der Waals surface area contributed by atoms with Crippen LogP contribution in [0.15, 0.2) is 48.5 Å². The van der Waals surface area contributed by atoms with Gasteiger partial charge in [-0.15, -0.1) is 0 Å². The molecule has 0 fully saturated rings. The first kappa shape index (κ1) is 15.5. The predicted molar refractivity (Wildman–Crippen MR) is 94.2 cm³/mol. The van der Waals surface area contributed by atoms with Gasteiger partial charge in [-0.2, -0.15) is 0 Å². The van der Waals surface area contributed by atoms with Gasteiger partial charge < -0.3 is 10.1 Å². The van der Waals surface area contributed by atoms with E-state index in [4.69, 9.17) is 4.74 Å². The molecule has 0 spiro atoms. The van der Waals surface area contributed by atoms with Gasteiger partial charge in [-0.3, -0.25) is 4.79 Å². The predicted octanol–water partition coefficient (Wildman–Crippen LogP) is 4.27. The van der Waals surface area contributed by atoms with Crippen molar-refractivity contribution in [1.82, 2.24) is 4.98 Å². The number of aromatic nitrogens is 1. The van der Waals surface area contributed by atoms with Crippen molar-refractivity contribution in [2.24, 2.45) is 0 Å².